The monoisotopic (exact) mass is 236 g/mol. The van der Waals surface area contributed by atoms with Gasteiger partial charge in [0, 0.05) is 0 Å². The molecule has 0 amide bonds. The van der Waals surface area contributed by atoms with Gasteiger partial charge < -0.3 is 5.64 Å². The van der Waals surface area contributed by atoms with Gasteiger partial charge in [-0.25, -0.2) is 0 Å². The van der Waals surface area contributed by atoms with Crippen molar-refractivity contribution in [3.05, 3.63) is 0 Å². The molecule has 17 heavy (non-hydrogen) atoms. The fraction of sp³-hybridized carbons (Fsp3) is 1.00. The van der Waals surface area contributed by atoms with Gasteiger partial charge in [-0.2, -0.15) is 0 Å². The summed E-state index contributed by atoms with van der Waals surface area (Å²) in [5, 5.41) is 0. The van der Waals surface area contributed by atoms with Crippen LogP contribution >= 0.6 is 0 Å². The summed E-state index contributed by atoms with van der Waals surface area (Å²) in [7, 11) is 1.96. The standard InChI is InChI=1S/C15H31BN/c17-16-15-13-11-9-7-5-3-1-2-4-6-8-10-12-14-15/h15H,1-14,17H2. The molecule has 0 atom stereocenters. The van der Waals surface area contributed by atoms with Crippen molar-refractivity contribution in [2.24, 2.45) is 5.64 Å². The number of nitrogens with two attached hydrogens (primary N) is 1. The molecule has 1 saturated carbocycles. The van der Waals surface area contributed by atoms with Gasteiger partial charge in [0.1, 0.15) is 0 Å². The Morgan fingerprint density at radius 1 is 0.529 bits per heavy atom. The Morgan fingerprint density at radius 2 is 0.824 bits per heavy atom. The smallest absolute Gasteiger partial charge is 0.205 e. The van der Waals surface area contributed by atoms with Crippen LogP contribution < -0.4 is 5.64 Å². The van der Waals surface area contributed by atoms with Crippen LogP contribution in [0.1, 0.15) is 89.9 Å². The van der Waals surface area contributed by atoms with Crippen LogP contribution in [-0.4, -0.2) is 7.41 Å². The molecule has 1 aliphatic rings. The molecule has 0 bridgehead atoms. The first kappa shape index (κ1) is 15.1. The van der Waals surface area contributed by atoms with E-state index in [1.54, 1.807) is 0 Å². The molecule has 0 heterocycles. The minimum absolute atomic E-state index is 0.695. The van der Waals surface area contributed by atoms with Gasteiger partial charge in [-0.1, -0.05) is 95.7 Å². The third-order valence-electron chi connectivity index (χ3n) is 4.17. The molecule has 1 nitrogen and oxygen atoms in total. The molecule has 0 aromatic heterocycles. The van der Waals surface area contributed by atoms with E-state index in [9.17, 15) is 0 Å². The van der Waals surface area contributed by atoms with Crippen molar-refractivity contribution in [3.8, 4) is 0 Å². The summed E-state index contributed by atoms with van der Waals surface area (Å²) in [5.74, 6) is 0.695. The topological polar surface area (TPSA) is 26.0 Å². The molecule has 2 N–H and O–H groups in total. The first-order valence-electron chi connectivity index (χ1n) is 7.98. The lowest BCUT2D eigenvalue weighted by atomic mass is 9.71. The average molecular weight is 236 g/mol. The zero-order valence-electron chi connectivity index (χ0n) is 11.6. The molecule has 0 spiro atoms. The quantitative estimate of drug-likeness (QED) is 0.648. The second kappa shape index (κ2) is 11.1. The predicted molar refractivity (Wildman–Crippen MR) is 78.3 cm³/mol. The number of hydrogen-bond acceptors (Lipinski definition) is 1. The Labute approximate surface area is 109 Å². The lowest BCUT2D eigenvalue weighted by Crippen LogP contribution is -2.13. The maximum atomic E-state index is 5.74. The minimum atomic E-state index is 0.695. The van der Waals surface area contributed by atoms with E-state index in [4.69, 9.17) is 5.64 Å². The second-order valence-electron chi connectivity index (χ2n) is 5.77. The largest absolute Gasteiger partial charge is 0.374 e. The molecule has 99 valence electrons. The third-order valence-corrected chi connectivity index (χ3v) is 4.17. The summed E-state index contributed by atoms with van der Waals surface area (Å²) in [4.78, 5) is 0. The first-order chi connectivity index (χ1) is 8.43. The van der Waals surface area contributed by atoms with Crippen LogP contribution in [0.5, 0.6) is 0 Å². The molecule has 1 rings (SSSR count). The maximum Gasteiger partial charge on any atom is 0.205 e. The molecule has 0 aromatic rings. The van der Waals surface area contributed by atoms with Gasteiger partial charge in [0.15, 0.2) is 0 Å². The lowest BCUT2D eigenvalue weighted by molar-refractivity contribution is 0.544. The molecule has 0 aromatic carbocycles. The van der Waals surface area contributed by atoms with Crippen molar-refractivity contribution < 1.29 is 0 Å². The van der Waals surface area contributed by atoms with Crippen molar-refractivity contribution in [2.45, 2.75) is 95.7 Å². The minimum Gasteiger partial charge on any atom is -0.374 e. The molecular formula is C15H31BN. The van der Waals surface area contributed by atoms with Gasteiger partial charge in [-0.05, 0) is 0 Å². The zero-order valence-corrected chi connectivity index (χ0v) is 11.6. The van der Waals surface area contributed by atoms with E-state index in [1.807, 2.05) is 7.41 Å². The van der Waals surface area contributed by atoms with E-state index in [2.05, 4.69) is 0 Å². The van der Waals surface area contributed by atoms with Crippen LogP contribution in [0.4, 0.5) is 0 Å². The van der Waals surface area contributed by atoms with E-state index in [1.165, 1.54) is 89.9 Å². The van der Waals surface area contributed by atoms with Gasteiger partial charge in [0.05, 0.1) is 0 Å². The maximum absolute atomic E-state index is 5.74. The van der Waals surface area contributed by atoms with Gasteiger partial charge in [-0.3, -0.25) is 0 Å². The summed E-state index contributed by atoms with van der Waals surface area (Å²) in [6, 6.07) is 0. The van der Waals surface area contributed by atoms with E-state index in [-0.39, 0.29) is 0 Å². The summed E-state index contributed by atoms with van der Waals surface area (Å²) < 4.78 is 0. The van der Waals surface area contributed by atoms with Crippen molar-refractivity contribution in [1.29, 1.82) is 0 Å². The number of rotatable bonds is 1. The van der Waals surface area contributed by atoms with Gasteiger partial charge >= 0.3 is 0 Å². The lowest BCUT2D eigenvalue weighted by Gasteiger charge is -2.13. The average Bonchev–Trinajstić information content (AvgIpc) is 2.36. The van der Waals surface area contributed by atoms with Crippen molar-refractivity contribution in [2.75, 3.05) is 0 Å². The molecule has 0 unspecified atom stereocenters. The highest BCUT2D eigenvalue weighted by Crippen LogP contribution is 2.22. The Balaban J connectivity index is 2.16. The first-order valence-corrected chi connectivity index (χ1v) is 7.98. The van der Waals surface area contributed by atoms with E-state index < -0.39 is 0 Å². The highest BCUT2D eigenvalue weighted by molar-refractivity contribution is 6.33. The molecule has 2 heteroatoms. The van der Waals surface area contributed by atoms with Crippen molar-refractivity contribution in [1.82, 2.24) is 0 Å². The number of hydrogen-bond donors (Lipinski definition) is 1. The molecular weight excluding hydrogens is 205 g/mol. The van der Waals surface area contributed by atoms with Gasteiger partial charge in [0.25, 0.3) is 0 Å². The Kier molecular flexibility index (Phi) is 9.88. The van der Waals surface area contributed by atoms with Crippen molar-refractivity contribution >= 4 is 7.41 Å². The van der Waals surface area contributed by atoms with Crippen LogP contribution in [0.2, 0.25) is 5.82 Å². The fourth-order valence-corrected chi connectivity index (χ4v) is 2.92. The van der Waals surface area contributed by atoms with Gasteiger partial charge in [0.2, 0.25) is 7.41 Å². The highest BCUT2D eigenvalue weighted by atomic mass is 14.4. The fourth-order valence-electron chi connectivity index (χ4n) is 2.92. The molecule has 0 saturated heterocycles. The summed E-state index contributed by atoms with van der Waals surface area (Å²) in [6.45, 7) is 0. The van der Waals surface area contributed by atoms with E-state index >= 15 is 0 Å². The third kappa shape index (κ3) is 8.71. The molecule has 1 fully saturated rings. The van der Waals surface area contributed by atoms with Gasteiger partial charge in [-0.15, -0.1) is 0 Å². The van der Waals surface area contributed by atoms with E-state index in [0.29, 0.717) is 5.82 Å². The Morgan fingerprint density at radius 3 is 1.12 bits per heavy atom. The summed E-state index contributed by atoms with van der Waals surface area (Å²) in [6.07, 6.45) is 19.9. The zero-order chi connectivity index (χ0) is 12.2. The van der Waals surface area contributed by atoms with Crippen LogP contribution in [-0.2, 0) is 0 Å². The highest BCUT2D eigenvalue weighted by Gasteiger charge is 2.07. The van der Waals surface area contributed by atoms with Crippen LogP contribution in [0.25, 0.3) is 0 Å². The summed E-state index contributed by atoms with van der Waals surface area (Å²) in [5.41, 5.74) is 5.74. The molecule has 1 radical (unpaired) electrons. The summed E-state index contributed by atoms with van der Waals surface area (Å²) >= 11 is 0. The van der Waals surface area contributed by atoms with Crippen LogP contribution in [0.15, 0.2) is 0 Å². The predicted octanol–water partition coefficient (Wildman–Crippen LogP) is 4.83. The Bertz CT molecular complexity index is 145. The van der Waals surface area contributed by atoms with E-state index in [0.717, 1.165) is 0 Å². The van der Waals surface area contributed by atoms with Crippen molar-refractivity contribution in [3.63, 3.8) is 0 Å². The van der Waals surface area contributed by atoms with Crippen LogP contribution in [0.3, 0.4) is 0 Å². The molecule has 0 aliphatic heterocycles. The molecule has 1 aliphatic carbocycles. The Hall–Kier alpha value is 0.0249. The normalized spacial score (nSPS) is 23.6. The SMILES string of the molecule is N[B]C1CCCCCCCCCCCCCC1. The van der Waals surface area contributed by atoms with Crippen LogP contribution in [0, 0.1) is 0 Å². The second-order valence-corrected chi connectivity index (χ2v) is 5.77.